The third kappa shape index (κ3) is 70.4. The highest BCUT2D eigenvalue weighted by Gasteiger charge is 2.16. The molecule has 0 amide bonds. The van der Waals surface area contributed by atoms with Crippen molar-refractivity contribution in [2.45, 2.75) is 335 Å². The Labute approximate surface area is 515 Å². The van der Waals surface area contributed by atoms with Gasteiger partial charge in [-0.3, -0.25) is 9.59 Å². The van der Waals surface area contributed by atoms with Crippen LogP contribution in [0.5, 0.6) is 0 Å². The molecule has 83 heavy (non-hydrogen) atoms. The SMILES string of the molecule is CC/C=C\C/C=C\C/C=C\C/C=C\C/C=C\C/C=C\C/C=C\C/C=C\C/C=C\C/C=C\C/C=C\CCCCCC(=O)OC(CO)COC(=O)CCCCCCCCCCCCCCCCCCCCCCCCCCCCCCCCCC. The van der Waals surface area contributed by atoms with Crippen LogP contribution < -0.4 is 0 Å². The lowest BCUT2D eigenvalue weighted by atomic mass is 10.0. The zero-order valence-corrected chi connectivity index (χ0v) is 54.4. The van der Waals surface area contributed by atoms with Crippen molar-refractivity contribution in [3.8, 4) is 0 Å². The Bertz CT molecular complexity index is 1680. The Morgan fingerprint density at radius 3 is 0.783 bits per heavy atom. The summed E-state index contributed by atoms with van der Waals surface area (Å²) in [5, 5.41) is 9.70. The molecule has 0 aliphatic rings. The van der Waals surface area contributed by atoms with Gasteiger partial charge in [0.2, 0.25) is 0 Å². The van der Waals surface area contributed by atoms with Gasteiger partial charge in [0.15, 0.2) is 6.10 Å². The van der Waals surface area contributed by atoms with Gasteiger partial charge in [0.1, 0.15) is 6.61 Å². The normalized spacial score (nSPS) is 13.0. The molecular weight excluding hydrogens is 1020 g/mol. The lowest BCUT2D eigenvalue weighted by molar-refractivity contribution is -0.161. The number of aliphatic hydroxyl groups excluding tert-OH is 1. The number of carbonyl (C=O) groups excluding carboxylic acids is 2. The molecule has 1 atom stereocenters. The van der Waals surface area contributed by atoms with Crippen molar-refractivity contribution in [3.05, 3.63) is 134 Å². The summed E-state index contributed by atoms with van der Waals surface area (Å²) in [5.74, 6) is -0.625. The van der Waals surface area contributed by atoms with Crippen LogP contribution in [-0.4, -0.2) is 36.4 Å². The molecule has 1 unspecified atom stereocenters. The molecule has 0 bridgehead atoms. The number of allylic oxidation sites excluding steroid dienone is 22. The fourth-order valence-electron chi connectivity index (χ4n) is 9.98. The smallest absolute Gasteiger partial charge is 0.306 e. The van der Waals surface area contributed by atoms with Gasteiger partial charge in [-0.2, -0.15) is 0 Å². The van der Waals surface area contributed by atoms with Crippen molar-refractivity contribution in [1.82, 2.24) is 0 Å². The van der Waals surface area contributed by atoms with Gasteiger partial charge in [-0.1, -0.05) is 353 Å². The number of hydrogen-bond donors (Lipinski definition) is 1. The number of ether oxygens (including phenoxy) is 2. The molecule has 5 heteroatoms. The highest BCUT2D eigenvalue weighted by Crippen LogP contribution is 2.18. The highest BCUT2D eigenvalue weighted by molar-refractivity contribution is 5.70. The summed E-state index contributed by atoms with van der Waals surface area (Å²) in [5.41, 5.74) is 0. The molecule has 0 rings (SSSR count). The monoisotopic (exact) mass is 1150 g/mol. The number of unbranched alkanes of at least 4 members (excludes halogenated alkanes) is 34. The second kappa shape index (κ2) is 72.3. The predicted octanol–water partition coefficient (Wildman–Crippen LogP) is 24.7. The van der Waals surface area contributed by atoms with Crippen LogP contribution in [0.1, 0.15) is 328 Å². The summed E-state index contributed by atoms with van der Waals surface area (Å²) in [6.07, 6.45) is 108. The second-order valence-electron chi connectivity index (χ2n) is 23.2. The third-order valence-corrected chi connectivity index (χ3v) is 15.2. The molecule has 0 saturated carbocycles. The maximum absolute atomic E-state index is 12.4. The van der Waals surface area contributed by atoms with Crippen molar-refractivity contribution < 1.29 is 24.2 Å². The molecule has 474 valence electrons. The molecular formula is C78H132O5. The van der Waals surface area contributed by atoms with E-state index in [9.17, 15) is 14.7 Å². The number of rotatable bonds is 64. The van der Waals surface area contributed by atoms with Crippen LogP contribution in [0.4, 0.5) is 0 Å². The molecule has 0 radical (unpaired) electrons. The lowest BCUT2D eigenvalue weighted by Gasteiger charge is -2.15. The molecule has 0 saturated heterocycles. The first-order valence-corrected chi connectivity index (χ1v) is 35.2. The van der Waals surface area contributed by atoms with Crippen molar-refractivity contribution >= 4 is 11.9 Å². The minimum atomic E-state index is -0.799. The first-order valence-electron chi connectivity index (χ1n) is 35.2. The van der Waals surface area contributed by atoms with E-state index in [1.54, 1.807) is 0 Å². The molecule has 0 spiro atoms. The predicted molar refractivity (Wildman–Crippen MR) is 366 cm³/mol. The topological polar surface area (TPSA) is 72.8 Å². The standard InChI is InChI=1S/C78H132O5/c1-3-5-7-9-11-13-15-17-19-21-23-25-27-29-31-33-35-37-38-39-40-41-43-45-47-49-51-53-55-57-59-61-63-65-67-69-71-73-78(81)83-76(74-79)75-82-77(80)72-70-68-66-64-62-60-58-56-54-52-50-48-46-44-42-36-34-32-30-28-26-24-22-20-18-16-14-12-10-8-6-4-2/h5,7,11,13,17,19,23,25,29,31,35,37,39-40,43,45,49,51,55,57,61,63,76,79H,3-4,6,8-10,12,14-16,18,20-22,24,26-28,30,32-34,36,38,41-42,44,46-48,50,52-54,56,58-60,62,64-75H2,1-2H3/b7-5-,13-11-,19-17-,25-23-,31-29-,37-35-,40-39-,45-43-,51-49-,57-55-,63-61-. The minimum Gasteiger partial charge on any atom is -0.462 e. The van der Waals surface area contributed by atoms with E-state index in [-0.39, 0.29) is 25.2 Å². The quantitative estimate of drug-likeness (QED) is 0.0373. The summed E-state index contributed by atoms with van der Waals surface area (Å²) < 4.78 is 10.7. The van der Waals surface area contributed by atoms with Crippen molar-refractivity contribution in [2.75, 3.05) is 13.2 Å². The molecule has 1 N–H and O–H groups in total. The molecule has 5 nitrogen and oxygen atoms in total. The Morgan fingerprint density at radius 2 is 0.518 bits per heavy atom. The van der Waals surface area contributed by atoms with Crippen molar-refractivity contribution in [1.29, 1.82) is 0 Å². The Hall–Kier alpha value is -3.96. The average Bonchev–Trinajstić information content (AvgIpc) is 3.49. The molecule has 0 aromatic rings. The molecule has 0 aromatic carbocycles. The molecule has 0 fully saturated rings. The van der Waals surface area contributed by atoms with E-state index in [1.807, 2.05) is 0 Å². The molecule has 0 heterocycles. The Morgan fingerprint density at radius 1 is 0.289 bits per heavy atom. The van der Waals surface area contributed by atoms with E-state index < -0.39 is 6.10 Å². The maximum Gasteiger partial charge on any atom is 0.306 e. The highest BCUT2D eigenvalue weighted by atomic mass is 16.6. The van der Waals surface area contributed by atoms with Gasteiger partial charge in [-0.25, -0.2) is 0 Å². The maximum atomic E-state index is 12.4. The third-order valence-electron chi connectivity index (χ3n) is 15.2. The van der Waals surface area contributed by atoms with E-state index in [4.69, 9.17) is 9.47 Å². The van der Waals surface area contributed by atoms with Crippen LogP contribution in [0.2, 0.25) is 0 Å². The summed E-state index contributed by atoms with van der Waals surface area (Å²) in [6, 6.07) is 0. The number of esters is 2. The van der Waals surface area contributed by atoms with Gasteiger partial charge < -0.3 is 14.6 Å². The van der Waals surface area contributed by atoms with Gasteiger partial charge >= 0.3 is 11.9 Å². The van der Waals surface area contributed by atoms with Gasteiger partial charge in [0, 0.05) is 12.8 Å². The summed E-state index contributed by atoms with van der Waals surface area (Å²) in [7, 11) is 0. The minimum absolute atomic E-state index is 0.0840. The fraction of sp³-hybridized carbons (Fsp3) is 0.692. The van der Waals surface area contributed by atoms with Crippen molar-refractivity contribution in [2.24, 2.45) is 0 Å². The number of aliphatic hydroxyl groups is 1. The van der Waals surface area contributed by atoms with Crippen LogP contribution in [0, 0.1) is 0 Å². The van der Waals surface area contributed by atoms with Gasteiger partial charge in [-0.15, -0.1) is 0 Å². The van der Waals surface area contributed by atoms with E-state index in [1.165, 1.54) is 186 Å². The second-order valence-corrected chi connectivity index (χ2v) is 23.2. The van der Waals surface area contributed by atoms with Crippen LogP contribution in [0.15, 0.2) is 134 Å². The molecule has 0 aliphatic carbocycles. The van der Waals surface area contributed by atoms with Crippen LogP contribution in [0.3, 0.4) is 0 Å². The number of hydrogen-bond acceptors (Lipinski definition) is 5. The van der Waals surface area contributed by atoms with Crippen LogP contribution in [0.25, 0.3) is 0 Å². The molecule has 0 aliphatic heterocycles. The summed E-state index contributed by atoms with van der Waals surface area (Å²) in [4.78, 5) is 24.6. The summed E-state index contributed by atoms with van der Waals surface area (Å²) in [6.45, 7) is 4.03. The number of carbonyl (C=O) groups is 2. The largest absolute Gasteiger partial charge is 0.462 e. The van der Waals surface area contributed by atoms with Crippen molar-refractivity contribution in [3.63, 3.8) is 0 Å². The van der Waals surface area contributed by atoms with Gasteiger partial charge in [-0.05, 0) is 96.3 Å². The first kappa shape index (κ1) is 79.0. The molecule has 0 aromatic heterocycles. The zero-order valence-electron chi connectivity index (χ0n) is 54.4. The van der Waals surface area contributed by atoms with E-state index in [0.717, 1.165) is 116 Å². The van der Waals surface area contributed by atoms with E-state index in [0.29, 0.717) is 12.8 Å². The van der Waals surface area contributed by atoms with E-state index >= 15 is 0 Å². The van der Waals surface area contributed by atoms with Crippen LogP contribution in [-0.2, 0) is 19.1 Å². The Kier molecular flexibility index (Phi) is 68.9. The first-order chi connectivity index (χ1) is 41.1. The van der Waals surface area contributed by atoms with E-state index in [2.05, 4.69) is 148 Å². The average molecular weight is 1150 g/mol. The fourth-order valence-corrected chi connectivity index (χ4v) is 9.98. The van der Waals surface area contributed by atoms with Gasteiger partial charge in [0.05, 0.1) is 6.61 Å². The summed E-state index contributed by atoms with van der Waals surface area (Å²) >= 11 is 0. The van der Waals surface area contributed by atoms with Crippen LogP contribution >= 0.6 is 0 Å². The lowest BCUT2D eigenvalue weighted by Crippen LogP contribution is -2.28. The zero-order chi connectivity index (χ0) is 59.8. The van der Waals surface area contributed by atoms with Gasteiger partial charge in [0.25, 0.3) is 0 Å². The Balaban J connectivity index is 3.56.